The number of carbonyl (C=O) groups is 2. The number of rotatable bonds is 5. The van der Waals surface area contributed by atoms with Crippen molar-refractivity contribution in [2.45, 2.75) is 38.8 Å². The zero-order valence-corrected chi connectivity index (χ0v) is 12.6. The standard InChI is InChI=1S/C14H19ClN2O3/c1-8(2)12(14(19)20-3)16-13(18)11-6-9(15)7-17(11)10-4-5-10/h6-8,10,12H,4-5H2,1-3H3,(H,16,18). The first-order chi connectivity index (χ1) is 9.43. The monoisotopic (exact) mass is 298 g/mol. The third-order valence-corrected chi connectivity index (χ3v) is 3.60. The smallest absolute Gasteiger partial charge is 0.328 e. The van der Waals surface area contributed by atoms with E-state index in [0.717, 1.165) is 12.8 Å². The van der Waals surface area contributed by atoms with E-state index in [-0.39, 0.29) is 11.8 Å². The van der Waals surface area contributed by atoms with Gasteiger partial charge in [-0.25, -0.2) is 4.79 Å². The van der Waals surface area contributed by atoms with E-state index in [0.29, 0.717) is 16.8 Å². The number of hydrogen-bond donors (Lipinski definition) is 1. The van der Waals surface area contributed by atoms with Crippen LogP contribution < -0.4 is 5.32 Å². The van der Waals surface area contributed by atoms with Crippen LogP contribution in [-0.2, 0) is 9.53 Å². The molecule has 0 aromatic carbocycles. The Morgan fingerprint density at radius 2 is 2.10 bits per heavy atom. The van der Waals surface area contributed by atoms with Crippen molar-refractivity contribution in [2.24, 2.45) is 5.92 Å². The van der Waals surface area contributed by atoms with Crippen LogP contribution in [0, 0.1) is 5.92 Å². The lowest BCUT2D eigenvalue weighted by Gasteiger charge is -2.20. The van der Waals surface area contributed by atoms with E-state index in [1.807, 2.05) is 18.4 Å². The van der Waals surface area contributed by atoms with Gasteiger partial charge in [0.25, 0.3) is 5.91 Å². The van der Waals surface area contributed by atoms with Crippen molar-refractivity contribution in [1.82, 2.24) is 9.88 Å². The van der Waals surface area contributed by atoms with Gasteiger partial charge in [-0.05, 0) is 24.8 Å². The molecule has 1 aromatic heterocycles. The second-order valence-electron chi connectivity index (χ2n) is 5.40. The second-order valence-corrected chi connectivity index (χ2v) is 5.84. The molecule has 1 saturated carbocycles. The van der Waals surface area contributed by atoms with Crippen molar-refractivity contribution < 1.29 is 14.3 Å². The molecule has 1 atom stereocenters. The molecule has 0 aliphatic heterocycles. The normalized spacial score (nSPS) is 16.1. The fourth-order valence-electron chi connectivity index (χ4n) is 2.12. The first kappa shape index (κ1) is 14.9. The van der Waals surface area contributed by atoms with Crippen LogP contribution in [-0.4, -0.2) is 29.6 Å². The Morgan fingerprint density at radius 3 is 2.60 bits per heavy atom. The highest BCUT2D eigenvalue weighted by Crippen LogP contribution is 2.37. The van der Waals surface area contributed by atoms with Gasteiger partial charge in [0.05, 0.1) is 12.1 Å². The lowest BCUT2D eigenvalue weighted by Crippen LogP contribution is -2.45. The highest BCUT2D eigenvalue weighted by molar-refractivity contribution is 6.31. The van der Waals surface area contributed by atoms with Gasteiger partial charge in [0.2, 0.25) is 0 Å². The molecule has 1 amide bonds. The van der Waals surface area contributed by atoms with Gasteiger partial charge in [-0.3, -0.25) is 4.79 Å². The van der Waals surface area contributed by atoms with Crippen molar-refractivity contribution in [2.75, 3.05) is 7.11 Å². The number of methoxy groups -OCH3 is 1. The average molecular weight is 299 g/mol. The quantitative estimate of drug-likeness (QED) is 0.849. The summed E-state index contributed by atoms with van der Waals surface area (Å²) >= 11 is 5.98. The number of hydrogen-bond acceptors (Lipinski definition) is 3. The van der Waals surface area contributed by atoms with Gasteiger partial charge in [-0.2, -0.15) is 0 Å². The molecule has 1 unspecified atom stereocenters. The first-order valence-corrected chi connectivity index (χ1v) is 7.08. The molecule has 0 bridgehead atoms. The minimum Gasteiger partial charge on any atom is -0.467 e. The van der Waals surface area contributed by atoms with Crippen LogP contribution in [0.5, 0.6) is 0 Å². The molecular formula is C14H19ClN2O3. The predicted octanol–water partition coefficient (Wildman–Crippen LogP) is 2.40. The van der Waals surface area contributed by atoms with Gasteiger partial charge < -0.3 is 14.6 Å². The van der Waals surface area contributed by atoms with E-state index in [2.05, 4.69) is 5.32 Å². The molecule has 1 aliphatic carbocycles. The van der Waals surface area contributed by atoms with Gasteiger partial charge in [-0.15, -0.1) is 0 Å². The summed E-state index contributed by atoms with van der Waals surface area (Å²) in [5.41, 5.74) is 0.493. The maximum absolute atomic E-state index is 12.3. The molecule has 110 valence electrons. The second kappa shape index (κ2) is 5.87. The Bertz CT molecular complexity index is 520. The fourth-order valence-corrected chi connectivity index (χ4v) is 2.33. The number of carbonyl (C=O) groups excluding carboxylic acids is 2. The van der Waals surface area contributed by atoms with Crippen molar-refractivity contribution in [3.05, 3.63) is 23.0 Å². The minimum absolute atomic E-state index is 0.0498. The summed E-state index contributed by atoms with van der Waals surface area (Å²) in [6, 6.07) is 1.32. The third kappa shape index (κ3) is 3.15. The summed E-state index contributed by atoms with van der Waals surface area (Å²) in [5.74, 6) is -0.789. The van der Waals surface area contributed by atoms with Crippen LogP contribution >= 0.6 is 11.6 Å². The molecule has 1 aliphatic rings. The van der Waals surface area contributed by atoms with Crippen molar-refractivity contribution in [3.8, 4) is 0 Å². The predicted molar refractivity (Wildman–Crippen MR) is 75.8 cm³/mol. The van der Waals surface area contributed by atoms with Crippen molar-refractivity contribution >= 4 is 23.5 Å². The Kier molecular flexibility index (Phi) is 4.38. The first-order valence-electron chi connectivity index (χ1n) is 6.70. The number of esters is 1. The fraction of sp³-hybridized carbons (Fsp3) is 0.571. The molecule has 2 rings (SSSR count). The number of ether oxygens (including phenoxy) is 1. The van der Waals surface area contributed by atoms with E-state index < -0.39 is 12.0 Å². The summed E-state index contributed by atoms with van der Waals surface area (Å²) in [7, 11) is 1.31. The van der Waals surface area contributed by atoms with E-state index in [4.69, 9.17) is 16.3 Å². The molecule has 5 nitrogen and oxygen atoms in total. The minimum atomic E-state index is -0.658. The summed E-state index contributed by atoms with van der Waals surface area (Å²) in [5, 5.41) is 3.26. The Hall–Kier alpha value is -1.49. The van der Waals surface area contributed by atoms with Gasteiger partial charge in [0, 0.05) is 12.2 Å². The molecule has 1 N–H and O–H groups in total. The molecule has 6 heteroatoms. The lowest BCUT2D eigenvalue weighted by molar-refractivity contribution is -0.144. The number of nitrogens with one attached hydrogen (secondary N) is 1. The maximum Gasteiger partial charge on any atom is 0.328 e. The Balaban J connectivity index is 2.16. The molecular weight excluding hydrogens is 280 g/mol. The van der Waals surface area contributed by atoms with Crippen LogP contribution in [0.1, 0.15) is 43.2 Å². The average Bonchev–Trinajstić information content (AvgIpc) is 3.17. The van der Waals surface area contributed by atoms with E-state index in [1.165, 1.54) is 7.11 Å². The van der Waals surface area contributed by atoms with Crippen LogP contribution in [0.15, 0.2) is 12.3 Å². The van der Waals surface area contributed by atoms with Crippen LogP contribution in [0.2, 0.25) is 5.02 Å². The highest BCUT2D eigenvalue weighted by Gasteiger charge is 2.30. The molecule has 0 spiro atoms. The van der Waals surface area contributed by atoms with E-state index >= 15 is 0 Å². The van der Waals surface area contributed by atoms with Crippen molar-refractivity contribution in [1.29, 1.82) is 0 Å². The van der Waals surface area contributed by atoms with E-state index in [1.54, 1.807) is 12.3 Å². The molecule has 0 saturated heterocycles. The molecule has 1 fully saturated rings. The largest absolute Gasteiger partial charge is 0.467 e. The number of aromatic nitrogens is 1. The summed E-state index contributed by atoms with van der Waals surface area (Å²) < 4.78 is 6.60. The van der Waals surface area contributed by atoms with Crippen molar-refractivity contribution in [3.63, 3.8) is 0 Å². The highest BCUT2D eigenvalue weighted by atomic mass is 35.5. The lowest BCUT2D eigenvalue weighted by atomic mass is 10.0. The summed E-state index contributed by atoms with van der Waals surface area (Å²) in [4.78, 5) is 24.0. The topological polar surface area (TPSA) is 60.3 Å². The molecule has 20 heavy (non-hydrogen) atoms. The molecule has 1 heterocycles. The van der Waals surface area contributed by atoms with Crippen LogP contribution in [0.25, 0.3) is 0 Å². The number of amides is 1. The Morgan fingerprint density at radius 1 is 1.45 bits per heavy atom. The summed E-state index contributed by atoms with van der Waals surface area (Å²) in [6.45, 7) is 3.71. The van der Waals surface area contributed by atoms with Crippen LogP contribution in [0.3, 0.4) is 0 Å². The Labute approximate surface area is 123 Å². The van der Waals surface area contributed by atoms with Gasteiger partial charge in [0.1, 0.15) is 11.7 Å². The molecule has 0 radical (unpaired) electrons. The van der Waals surface area contributed by atoms with Gasteiger partial charge in [0.15, 0.2) is 0 Å². The van der Waals surface area contributed by atoms with Gasteiger partial charge >= 0.3 is 5.97 Å². The zero-order valence-electron chi connectivity index (χ0n) is 11.9. The maximum atomic E-state index is 12.3. The zero-order chi connectivity index (χ0) is 14.9. The van der Waals surface area contributed by atoms with Gasteiger partial charge in [-0.1, -0.05) is 25.4 Å². The third-order valence-electron chi connectivity index (χ3n) is 3.40. The summed E-state index contributed by atoms with van der Waals surface area (Å²) in [6.07, 6.45) is 3.86. The van der Waals surface area contributed by atoms with Crippen LogP contribution in [0.4, 0.5) is 0 Å². The molecule has 1 aromatic rings. The number of halogens is 1. The number of nitrogens with zero attached hydrogens (tertiary/aromatic N) is 1. The van der Waals surface area contributed by atoms with E-state index in [9.17, 15) is 9.59 Å². The SMILES string of the molecule is COC(=O)C(NC(=O)c1cc(Cl)cn1C1CC1)C(C)C.